The van der Waals surface area contributed by atoms with Crippen molar-refractivity contribution in [2.75, 3.05) is 19.7 Å². The van der Waals surface area contributed by atoms with Crippen LogP contribution in [0.5, 0.6) is 5.75 Å². The molecule has 2 aliphatic heterocycles. The number of benzene rings is 1. The van der Waals surface area contributed by atoms with Gasteiger partial charge in [0.1, 0.15) is 18.7 Å². The number of carbonyl (C=O) groups is 1. The van der Waals surface area contributed by atoms with Crippen molar-refractivity contribution >= 4 is 5.91 Å². The van der Waals surface area contributed by atoms with Gasteiger partial charge in [0.2, 0.25) is 5.82 Å². The minimum absolute atomic E-state index is 0.151. The summed E-state index contributed by atoms with van der Waals surface area (Å²) in [7, 11) is 0. The first kappa shape index (κ1) is 14.2. The van der Waals surface area contributed by atoms with Crippen molar-refractivity contribution in [3.8, 4) is 5.75 Å². The Morgan fingerprint density at radius 1 is 1.39 bits per heavy atom. The molecule has 0 bridgehead atoms. The predicted octanol–water partition coefficient (Wildman–Crippen LogP) is 1.07. The van der Waals surface area contributed by atoms with Crippen molar-refractivity contribution in [3.63, 3.8) is 0 Å². The van der Waals surface area contributed by atoms with E-state index in [-0.39, 0.29) is 23.8 Å². The second-order valence-corrected chi connectivity index (χ2v) is 5.92. The lowest BCUT2D eigenvalue weighted by atomic mass is 10.1. The second-order valence-electron chi connectivity index (χ2n) is 5.92. The fourth-order valence-corrected chi connectivity index (χ4v) is 3.12. The molecule has 4 rings (SSSR count). The topological polar surface area (TPSA) is 81.1 Å². The van der Waals surface area contributed by atoms with Crippen molar-refractivity contribution < 1.29 is 9.53 Å². The Morgan fingerprint density at radius 2 is 2.30 bits per heavy atom. The SMILES string of the molecule is O=C(N[C@H]1COc2ccccc21)c1ncn([C@H]2CCCNC2)n1. The zero-order valence-electron chi connectivity index (χ0n) is 12.7. The lowest BCUT2D eigenvalue weighted by molar-refractivity contribution is 0.0919. The van der Waals surface area contributed by atoms with E-state index in [2.05, 4.69) is 20.7 Å². The highest BCUT2D eigenvalue weighted by Gasteiger charge is 2.27. The Balaban J connectivity index is 1.45. The molecule has 3 heterocycles. The van der Waals surface area contributed by atoms with Gasteiger partial charge in [0.25, 0.3) is 5.91 Å². The van der Waals surface area contributed by atoms with E-state index >= 15 is 0 Å². The molecule has 1 fully saturated rings. The molecule has 0 saturated carbocycles. The maximum Gasteiger partial charge on any atom is 0.291 e. The van der Waals surface area contributed by atoms with Gasteiger partial charge in [-0.25, -0.2) is 9.67 Å². The first-order chi connectivity index (χ1) is 11.3. The molecular formula is C16H19N5O2. The minimum atomic E-state index is -0.266. The van der Waals surface area contributed by atoms with Crippen molar-refractivity contribution in [1.29, 1.82) is 0 Å². The number of aromatic nitrogens is 3. The Bertz CT molecular complexity index is 708. The minimum Gasteiger partial charge on any atom is -0.491 e. The van der Waals surface area contributed by atoms with Crippen LogP contribution in [-0.2, 0) is 0 Å². The predicted molar refractivity (Wildman–Crippen MR) is 83.3 cm³/mol. The lowest BCUT2D eigenvalue weighted by Crippen LogP contribution is -2.32. The molecule has 2 aliphatic rings. The summed E-state index contributed by atoms with van der Waals surface area (Å²) in [6, 6.07) is 7.85. The third kappa shape index (κ3) is 2.79. The van der Waals surface area contributed by atoms with Crippen LogP contribution in [0.3, 0.4) is 0 Å². The van der Waals surface area contributed by atoms with E-state index in [4.69, 9.17) is 4.74 Å². The van der Waals surface area contributed by atoms with Crippen molar-refractivity contribution in [2.45, 2.75) is 24.9 Å². The number of piperidine rings is 1. The molecule has 0 unspecified atom stereocenters. The highest BCUT2D eigenvalue weighted by molar-refractivity contribution is 5.90. The molecule has 1 aromatic heterocycles. The molecule has 2 N–H and O–H groups in total. The molecule has 7 heteroatoms. The number of carbonyl (C=O) groups excluding carboxylic acids is 1. The van der Waals surface area contributed by atoms with Crippen LogP contribution in [-0.4, -0.2) is 40.4 Å². The summed E-state index contributed by atoms with van der Waals surface area (Å²) in [5.41, 5.74) is 0.997. The second kappa shape index (κ2) is 6.00. The molecule has 1 saturated heterocycles. The zero-order chi connectivity index (χ0) is 15.6. The van der Waals surface area contributed by atoms with E-state index in [1.807, 2.05) is 24.3 Å². The van der Waals surface area contributed by atoms with Gasteiger partial charge in [-0.3, -0.25) is 4.79 Å². The quantitative estimate of drug-likeness (QED) is 0.886. The number of nitrogens with one attached hydrogen (secondary N) is 2. The molecule has 120 valence electrons. The maximum atomic E-state index is 12.4. The van der Waals surface area contributed by atoms with Crippen LogP contribution < -0.4 is 15.4 Å². The number of para-hydroxylation sites is 1. The van der Waals surface area contributed by atoms with E-state index in [0.29, 0.717) is 6.61 Å². The average molecular weight is 313 g/mol. The van der Waals surface area contributed by atoms with Crippen molar-refractivity contribution in [2.24, 2.45) is 0 Å². The van der Waals surface area contributed by atoms with Gasteiger partial charge < -0.3 is 15.4 Å². The van der Waals surface area contributed by atoms with Gasteiger partial charge in [-0.1, -0.05) is 18.2 Å². The first-order valence-electron chi connectivity index (χ1n) is 7.96. The Kier molecular flexibility index (Phi) is 3.70. The van der Waals surface area contributed by atoms with Crippen LogP contribution in [0, 0.1) is 0 Å². The first-order valence-corrected chi connectivity index (χ1v) is 7.96. The number of fused-ring (bicyclic) bond motifs is 1. The third-order valence-electron chi connectivity index (χ3n) is 4.36. The van der Waals surface area contributed by atoms with Gasteiger partial charge in [0.05, 0.1) is 12.1 Å². The Hall–Kier alpha value is -2.41. The number of ether oxygens (including phenoxy) is 1. The van der Waals surface area contributed by atoms with Crippen LogP contribution in [0.1, 0.15) is 41.1 Å². The largest absolute Gasteiger partial charge is 0.491 e. The fraction of sp³-hybridized carbons (Fsp3) is 0.438. The standard InChI is InChI=1S/C16H19N5O2/c22-16(19-13-9-23-14-6-2-1-5-12(13)14)15-18-10-21(20-15)11-4-3-7-17-8-11/h1-2,5-6,10-11,13,17H,3-4,7-9H2,(H,19,22)/t11-,13-/m0/s1. The Labute approximate surface area is 134 Å². The molecule has 2 aromatic rings. The summed E-state index contributed by atoms with van der Waals surface area (Å²) in [5.74, 6) is 0.766. The summed E-state index contributed by atoms with van der Waals surface area (Å²) in [5, 5.41) is 10.6. The highest BCUT2D eigenvalue weighted by atomic mass is 16.5. The summed E-state index contributed by atoms with van der Waals surface area (Å²) in [6.45, 7) is 2.35. The summed E-state index contributed by atoms with van der Waals surface area (Å²) in [6.07, 6.45) is 3.81. The third-order valence-corrected chi connectivity index (χ3v) is 4.36. The normalized spacial score (nSPS) is 23.1. The van der Waals surface area contributed by atoms with E-state index in [1.165, 1.54) is 0 Å². The monoisotopic (exact) mass is 313 g/mol. The lowest BCUT2D eigenvalue weighted by Gasteiger charge is -2.22. The molecule has 2 atom stereocenters. The van der Waals surface area contributed by atoms with Gasteiger partial charge in [0, 0.05) is 12.1 Å². The van der Waals surface area contributed by atoms with Crippen LogP contribution in [0.4, 0.5) is 0 Å². The van der Waals surface area contributed by atoms with Crippen LogP contribution in [0.2, 0.25) is 0 Å². The fourth-order valence-electron chi connectivity index (χ4n) is 3.12. The summed E-state index contributed by atoms with van der Waals surface area (Å²) < 4.78 is 7.37. The van der Waals surface area contributed by atoms with Gasteiger partial charge in [0.15, 0.2) is 0 Å². The van der Waals surface area contributed by atoms with Crippen LogP contribution in [0.15, 0.2) is 30.6 Å². The highest BCUT2D eigenvalue weighted by Crippen LogP contribution is 2.31. The van der Waals surface area contributed by atoms with E-state index in [1.54, 1.807) is 11.0 Å². The number of amides is 1. The number of hydrogen-bond donors (Lipinski definition) is 2. The van der Waals surface area contributed by atoms with Crippen molar-refractivity contribution in [3.05, 3.63) is 42.0 Å². The molecule has 1 amide bonds. The van der Waals surface area contributed by atoms with Gasteiger partial charge in [-0.2, -0.15) is 0 Å². The maximum absolute atomic E-state index is 12.4. The van der Waals surface area contributed by atoms with Gasteiger partial charge in [-0.15, -0.1) is 5.10 Å². The molecular weight excluding hydrogens is 294 g/mol. The average Bonchev–Trinajstić information content (AvgIpc) is 3.24. The Morgan fingerprint density at radius 3 is 3.17 bits per heavy atom. The van der Waals surface area contributed by atoms with Gasteiger partial charge >= 0.3 is 0 Å². The smallest absolute Gasteiger partial charge is 0.291 e. The number of nitrogens with zero attached hydrogens (tertiary/aromatic N) is 3. The zero-order valence-corrected chi connectivity index (χ0v) is 12.7. The van der Waals surface area contributed by atoms with E-state index in [0.717, 1.165) is 37.2 Å². The molecule has 7 nitrogen and oxygen atoms in total. The summed E-state index contributed by atoms with van der Waals surface area (Å²) >= 11 is 0. The molecule has 0 aliphatic carbocycles. The molecule has 0 spiro atoms. The van der Waals surface area contributed by atoms with Crippen LogP contribution in [0.25, 0.3) is 0 Å². The molecule has 1 aromatic carbocycles. The van der Waals surface area contributed by atoms with Crippen LogP contribution >= 0.6 is 0 Å². The number of hydrogen-bond acceptors (Lipinski definition) is 5. The summed E-state index contributed by atoms with van der Waals surface area (Å²) in [4.78, 5) is 16.5. The van der Waals surface area contributed by atoms with Crippen molar-refractivity contribution in [1.82, 2.24) is 25.4 Å². The molecule has 23 heavy (non-hydrogen) atoms. The van der Waals surface area contributed by atoms with Gasteiger partial charge in [-0.05, 0) is 25.5 Å². The molecule has 0 radical (unpaired) electrons. The van der Waals surface area contributed by atoms with E-state index in [9.17, 15) is 4.79 Å². The number of rotatable bonds is 3. The van der Waals surface area contributed by atoms with E-state index < -0.39 is 0 Å².